The van der Waals surface area contributed by atoms with Gasteiger partial charge >= 0.3 is 0 Å². The number of carbonyl (C=O) groups is 2. The smallest absolute Gasteiger partial charge is 0.257 e. The maximum Gasteiger partial charge on any atom is 0.257 e. The number of halogens is 1. The molecule has 0 saturated heterocycles. The Morgan fingerprint density at radius 1 is 0.967 bits per heavy atom. The molecule has 30 heavy (non-hydrogen) atoms. The summed E-state index contributed by atoms with van der Waals surface area (Å²) in [7, 11) is 0. The van der Waals surface area contributed by atoms with Crippen LogP contribution in [0.1, 0.15) is 31.1 Å². The minimum atomic E-state index is -0.252. The number of nitrogens with one attached hydrogen (secondary N) is 1. The van der Waals surface area contributed by atoms with Crippen molar-refractivity contribution in [3.63, 3.8) is 0 Å². The van der Waals surface area contributed by atoms with Crippen LogP contribution >= 0.6 is 11.6 Å². The van der Waals surface area contributed by atoms with E-state index in [1.54, 1.807) is 35.2 Å². The quantitative estimate of drug-likeness (QED) is 0.683. The van der Waals surface area contributed by atoms with Gasteiger partial charge in [0.25, 0.3) is 5.91 Å². The molecule has 7 heteroatoms. The van der Waals surface area contributed by atoms with E-state index in [4.69, 9.17) is 11.6 Å². The Balaban J connectivity index is 1.92. The zero-order valence-electron chi connectivity index (χ0n) is 17.8. The van der Waals surface area contributed by atoms with E-state index in [2.05, 4.69) is 35.9 Å². The Hall–Kier alpha value is -2.41. The first-order chi connectivity index (χ1) is 14.5. The molecule has 160 valence electrons. The van der Waals surface area contributed by atoms with Crippen LogP contribution in [0.5, 0.6) is 0 Å². The predicted octanol–water partition coefficient (Wildman–Crippen LogP) is 4.23. The first kappa shape index (κ1) is 22.3. The molecule has 1 N–H and O–H groups in total. The van der Waals surface area contributed by atoms with Crippen molar-refractivity contribution in [2.24, 2.45) is 0 Å². The standard InChI is InChI=1S/C23H29ClN4O2/c1-4-26(5-2)13-14-27(6-3)16-22(29)28-20-10-8-7-9-18(20)23(30)25-19-15-17(24)11-12-21(19)28/h7-12,15H,4-6,13-14,16H2,1-3H3,(H,25,30). The Bertz CT molecular complexity index is 914. The normalized spacial score (nSPS) is 13.1. The lowest BCUT2D eigenvalue weighted by Crippen LogP contribution is -2.42. The number of benzene rings is 2. The molecule has 0 saturated carbocycles. The fraction of sp³-hybridized carbons (Fsp3) is 0.391. The van der Waals surface area contributed by atoms with Crippen molar-refractivity contribution >= 4 is 40.5 Å². The van der Waals surface area contributed by atoms with Gasteiger partial charge in [-0.15, -0.1) is 0 Å². The SMILES string of the molecule is CCN(CC)CCN(CC)CC(=O)N1c2ccc(Cl)cc2NC(=O)c2ccccc21. The lowest BCUT2D eigenvalue weighted by Gasteiger charge is -2.29. The molecule has 0 radical (unpaired) electrons. The lowest BCUT2D eigenvalue weighted by atomic mass is 10.1. The van der Waals surface area contributed by atoms with Crippen molar-refractivity contribution < 1.29 is 9.59 Å². The zero-order valence-corrected chi connectivity index (χ0v) is 18.6. The Morgan fingerprint density at radius 3 is 2.33 bits per heavy atom. The van der Waals surface area contributed by atoms with E-state index in [1.807, 2.05) is 12.1 Å². The fourth-order valence-electron chi connectivity index (χ4n) is 3.69. The average Bonchev–Trinajstić information content (AvgIpc) is 2.87. The van der Waals surface area contributed by atoms with E-state index < -0.39 is 0 Å². The van der Waals surface area contributed by atoms with Crippen molar-refractivity contribution in [3.8, 4) is 0 Å². The van der Waals surface area contributed by atoms with Gasteiger partial charge in [0.2, 0.25) is 5.91 Å². The molecule has 1 aliphatic rings. The zero-order chi connectivity index (χ0) is 21.7. The highest BCUT2D eigenvalue weighted by molar-refractivity contribution is 6.31. The van der Waals surface area contributed by atoms with E-state index in [1.165, 1.54) is 0 Å². The minimum Gasteiger partial charge on any atom is -0.320 e. The lowest BCUT2D eigenvalue weighted by molar-refractivity contribution is -0.119. The van der Waals surface area contributed by atoms with Crippen molar-refractivity contribution in [1.29, 1.82) is 0 Å². The number of para-hydroxylation sites is 1. The number of nitrogens with zero attached hydrogens (tertiary/aromatic N) is 3. The first-order valence-electron chi connectivity index (χ1n) is 10.5. The average molecular weight is 429 g/mol. The van der Waals surface area contributed by atoms with Gasteiger partial charge in [0.05, 0.1) is 29.2 Å². The monoisotopic (exact) mass is 428 g/mol. The molecule has 2 aromatic carbocycles. The highest BCUT2D eigenvalue weighted by Crippen LogP contribution is 2.39. The fourth-order valence-corrected chi connectivity index (χ4v) is 3.86. The third-order valence-corrected chi connectivity index (χ3v) is 5.75. The molecule has 0 spiro atoms. The molecule has 0 unspecified atom stereocenters. The largest absolute Gasteiger partial charge is 0.320 e. The summed E-state index contributed by atoms with van der Waals surface area (Å²) in [5.41, 5.74) is 2.20. The maximum absolute atomic E-state index is 13.5. The van der Waals surface area contributed by atoms with Gasteiger partial charge in [0.15, 0.2) is 0 Å². The van der Waals surface area contributed by atoms with Crippen LogP contribution in [0.25, 0.3) is 0 Å². The van der Waals surface area contributed by atoms with Gasteiger partial charge in [-0.25, -0.2) is 0 Å². The van der Waals surface area contributed by atoms with Gasteiger partial charge in [-0.1, -0.05) is 44.5 Å². The van der Waals surface area contributed by atoms with Crippen LogP contribution in [0.15, 0.2) is 42.5 Å². The van der Waals surface area contributed by atoms with Crippen molar-refractivity contribution in [2.75, 3.05) is 49.5 Å². The van der Waals surface area contributed by atoms with Crippen LogP contribution in [-0.2, 0) is 4.79 Å². The van der Waals surface area contributed by atoms with E-state index in [0.29, 0.717) is 27.6 Å². The molecule has 1 heterocycles. The second-order valence-electron chi connectivity index (χ2n) is 7.26. The molecule has 0 aromatic heterocycles. The van der Waals surface area contributed by atoms with Crippen LogP contribution in [0, 0.1) is 0 Å². The summed E-state index contributed by atoms with van der Waals surface area (Å²) in [5.74, 6) is -0.331. The summed E-state index contributed by atoms with van der Waals surface area (Å²) in [6.45, 7) is 11.1. The summed E-state index contributed by atoms with van der Waals surface area (Å²) >= 11 is 6.15. The molecule has 0 atom stereocenters. The second kappa shape index (κ2) is 10.1. The van der Waals surface area contributed by atoms with Gasteiger partial charge in [-0.3, -0.25) is 19.4 Å². The third-order valence-electron chi connectivity index (χ3n) is 5.52. The van der Waals surface area contributed by atoms with Crippen LogP contribution in [0.4, 0.5) is 17.1 Å². The van der Waals surface area contributed by atoms with Crippen molar-refractivity contribution in [1.82, 2.24) is 9.80 Å². The van der Waals surface area contributed by atoms with Gasteiger partial charge in [0.1, 0.15) is 0 Å². The Labute approximate surface area is 183 Å². The summed E-state index contributed by atoms with van der Waals surface area (Å²) in [5, 5.41) is 3.39. The molecular weight excluding hydrogens is 400 g/mol. The molecular formula is C23H29ClN4O2. The van der Waals surface area contributed by atoms with Gasteiger partial charge < -0.3 is 10.2 Å². The number of anilines is 3. The van der Waals surface area contributed by atoms with Crippen molar-refractivity contribution in [2.45, 2.75) is 20.8 Å². The molecule has 2 amide bonds. The number of hydrogen-bond acceptors (Lipinski definition) is 4. The molecule has 3 rings (SSSR count). The number of amides is 2. The van der Waals surface area contributed by atoms with Gasteiger partial charge in [-0.2, -0.15) is 0 Å². The van der Waals surface area contributed by atoms with Crippen LogP contribution in [0.3, 0.4) is 0 Å². The number of rotatable bonds is 8. The summed E-state index contributed by atoms with van der Waals surface area (Å²) in [4.78, 5) is 32.4. The Kier molecular flexibility index (Phi) is 7.48. The highest BCUT2D eigenvalue weighted by Gasteiger charge is 2.30. The number of carbonyl (C=O) groups excluding carboxylic acids is 2. The van der Waals surface area contributed by atoms with E-state index in [0.717, 1.165) is 32.7 Å². The third kappa shape index (κ3) is 4.83. The molecule has 6 nitrogen and oxygen atoms in total. The summed E-state index contributed by atoms with van der Waals surface area (Å²) in [6.07, 6.45) is 0. The van der Waals surface area contributed by atoms with Crippen LogP contribution in [-0.4, -0.2) is 60.9 Å². The molecule has 0 fully saturated rings. The number of hydrogen-bond donors (Lipinski definition) is 1. The van der Waals surface area contributed by atoms with E-state index in [-0.39, 0.29) is 18.4 Å². The topological polar surface area (TPSA) is 55.9 Å². The van der Waals surface area contributed by atoms with Crippen molar-refractivity contribution in [3.05, 3.63) is 53.1 Å². The van der Waals surface area contributed by atoms with Crippen LogP contribution < -0.4 is 10.2 Å². The Morgan fingerprint density at radius 2 is 1.63 bits per heavy atom. The predicted molar refractivity (Wildman–Crippen MR) is 123 cm³/mol. The maximum atomic E-state index is 13.5. The number of fused-ring (bicyclic) bond motifs is 2. The van der Waals surface area contributed by atoms with Gasteiger partial charge in [-0.05, 0) is 50.0 Å². The molecule has 2 aromatic rings. The van der Waals surface area contributed by atoms with E-state index >= 15 is 0 Å². The van der Waals surface area contributed by atoms with E-state index in [9.17, 15) is 9.59 Å². The molecule has 0 bridgehead atoms. The number of likely N-dealkylation sites (N-methyl/N-ethyl adjacent to an activating group) is 2. The highest BCUT2D eigenvalue weighted by atomic mass is 35.5. The summed E-state index contributed by atoms with van der Waals surface area (Å²) in [6, 6.07) is 12.4. The summed E-state index contributed by atoms with van der Waals surface area (Å²) < 4.78 is 0. The minimum absolute atomic E-state index is 0.0797. The van der Waals surface area contributed by atoms with Crippen LogP contribution in [0.2, 0.25) is 5.02 Å². The van der Waals surface area contributed by atoms with Gasteiger partial charge in [0, 0.05) is 18.1 Å². The first-order valence-corrected chi connectivity index (χ1v) is 10.8. The second-order valence-corrected chi connectivity index (χ2v) is 7.69. The molecule has 1 aliphatic heterocycles. The molecule has 0 aliphatic carbocycles.